The minimum absolute atomic E-state index is 0.00472. The Hall–Kier alpha value is -3.49. The second kappa shape index (κ2) is 42.2. The van der Waals surface area contributed by atoms with Crippen molar-refractivity contribution < 1.29 is 38.2 Å². The molecule has 342 valence electrons. The first-order valence-electron chi connectivity index (χ1n) is 23.6. The van der Waals surface area contributed by atoms with Gasteiger partial charge in [0.05, 0.1) is 40.3 Å². The van der Waals surface area contributed by atoms with Gasteiger partial charge in [-0.3, -0.25) is 9.59 Å². The summed E-state index contributed by atoms with van der Waals surface area (Å²) in [6.07, 6.45) is 54.8. The van der Waals surface area contributed by atoms with Crippen molar-refractivity contribution in [2.45, 2.75) is 187 Å². The van der Waals surface area contributed by atoms with Crippen molar-refractivity contribution in [2.75, 3.05) is 41.0 Å². The molecule has 0 aliphatic heterocycles. The quantitative estimate of drug-likeness (QED) is 0.0261. The summed E-state index contributed by atoms with van der Waals surface area (Å²) in [7, 11) is 5.38. The third kappa shape index (κ3) is 39.9. The zero-order chi connectivity index (χ0) is 44.2. The highest BCUT2D eigenvalue weighted by Crippen LogP contribution is 2.13. The molecule has 0 fully saturated rings. The fourth-order valence-electron chi connectivity index (χ4n) is 6.38. The zero-order valence-electron chi connectivity index (χ0n) is 38.8. The lowest BCUT2D eigenvalue weighted by molar-refractivity contribution is -0.889. The van der Waals surface area contributed by atoms with Gasteiger partial charge in [-0.05, 0) is 77.0 Å². The number of allylic oxidation sites excluding steroid dienone is 14. The smallest absolute Gasteiger partial charge is 0.306 e. The van der Waals surface area contributed by atoms with Gasteiger partial charge in [-0.25, -0.2) is 0 Å². The van der Waals surface area contributed by atoms with Crippen molar-refractivity contribution in [1.29, 1.82) is 0 Å². The van der Waals surface area contributed by atoms with Crippen molar-refractivity contribution >= 4 is 17.9 Å². The van der Waals surface area contributed by atoms with Gasteiger partial charge in [0.1, 0.15) is 12.6 Å². The van der Waals surface area contributed by atoms with Crippen LogP contribution in [0.3, 0.4) is 0 Å². The van der Waals surface area contributed by atoms with E-state index in [-0.39, 0.29) is 43.1 Å². The molecule has 0 radical (unpaired) electrons. The topological polar surface area (TPSA) is 102 Å². The fourth-order valence-corrected chi connectivity index (χ4v) is 6.38. The second-order valence-electron chi connectivity index (χ2n) is 16.6. The molecule has 0 amide bonds. The largest absolute Gasteiger partial charge is 0.544 e. The number of unbranched alkanes of at least 4 members (excludes halogenated alkanes) is 13. The lowest BCUT2D eigenvalue weighted by Gasteiger charge is -2.34. The van der Waals surface area contributed by atoms with Crippen LogP contribution < -0.4 is 5.11 Å². The molecule has 0 spiro atoms. The monoisotopic (exact) mass is 838 g/mol. The number of aliphatic carboxylic acids is 1. The SMILES string of the molecule is CC/C=C/C/C=C/C/C=C/C/C=C/C/C=C/C/C=C/CCC(=O)OC(COCCC(C(=O)[O-])[N+](C)(C)C)COC(=O)CCCCCCCCC/C=C/CCCCCCCC. The van der Waals surface area contributed by atoms with Crippen LogP contribution in [0.4, 0.5) is 0 Å². The van der Waals surface area contributed by atoms with E-state index in [0.29, 0.717) is 12.8 Å². The van der Waals surface area contributed by atoms with Gasteiger partial charge in [-0.1, -0.05) is 163 Å². The summed E-state index contributed by atoms with van der Waals surface area (Å²) < 4.78 is 17.1. The molecule has 0 bridgehead atoms. The van der Waals surface area contributed by atoms with Crippen LogP contribution in [-0.2, 0) is 28.6 Å². The number of carbonyl (C=O) groups is 3. The van der Waals surface area contributed by atoms with Crippen LogP contribution in [0.25, 0.3) is 0 Å². The van der Waals surface area contributed by atoms with Crippen LogP contribution in [0.2, 0.25) is 0 Å². The summed E-state index contributed by atoms with van der Waals surface area (Å²) in [6.45, 7) is 4.45. The number of nitrogens with zero attached hydrogens (tertiary/aromatic N) is 1. The van der Waals surface area contributed by atoms with Crippen molar-refractivity contribution in [3.8, 4) is 0 Å². The lowest BCUT2D eigenvalue weighted by atomic mass is 10.1. The van der Waals surface area contributed by atoms with Crippen LogP contribution in [0.5, 0.6) is 0 Å². The highest BCUT2D eigenvalue weighted by atomic mass is 16.6. The third-order valence-corrected chi connectivity index (χ3v) is 10.0. The number of carboxylic acid groups (broad SMARTS) is 1. The number of quaternary nitrogens is 1. The fraction of sp³-hybridized carbons (Fsp3) is 0.673. The molecular weight excluding hydrogens is 751 g/mol. The van der Waals surface area contributed by atoms with Gasteiger partial charge in [-0.2, -0.15) is 0 Å². The van der Waals surface area contributed by atoms with Crippen molar-refractivity contribution in [1.82, 2.24) is 0 Å². The van der Waals surface area contributed by atoms with E-state index in [4.69, 9.17) is 14.2 Å². The van der Waals surface area contributed by atoms with E-state index in [0.717, 1.165) is 57.8 Å². The van der Waals surface area contributed by atoms with E-state index >= 15 is 0 Å². The summed E-state index contributed by atoms with van der Waals surface area (Å²) in [5, 5.41) is 11.6. The van der Waals surface area contributed by atoms with Gasteiger partial charge in [-0.15, -0.1) is 0 Å². The molecule has 0 heterocycles. The van der Waals surface area contributed by atoms with E-state index < -0.39 is 24.1 Å². The normalized spacial score (nSPS) is 13.7. The maximum atomic E-state index is 12.7. The number of carbonyl (C=O) groups excluding carboxylic acids is 3. The Balaban J connectivity index is 4.45. The zero-order valence-corrected chi connectivity index (χ0v) is 38.8. The van der Waals surface area contributed by atoms with E-state index in [2.05, 4.69) is 86.8 Å². The van der Waals surface area contributed by atoms with Crippen molar-refractivity contribution in [2.24, 2.45) is 0 Å². The van der Waals surface area contributed by atoms with Gasteiger partial charge in [0, 0.05) is 19.3 Å². The Morgan fingerprint density at radius 3 is 1.45 bits per heavy atom. The second-order valence-corrected chi connectivity index (χ2v) is 16.6. The molecule has 0 aromatic rings. The summed E-state index contributed by atoms with van der Waals surface area (Å²) in [6, 6.07) is -0.744. The molecule has 0 N–H and O–H groups in total. The van der Waals surface area contributed by atoms with Gasteiger partial charge in [0.2, 0.25) is 0 Å². The molecule has 8 heteroatoms. The molecule has 0 aromatic carbocycles. The molecule has 8 nitrogen and oxygen atoms in total. The highest BCUT2D eigenvalue weighted by molar-refractivity contribution is 5.70. The van der Waals surface area contributed by atoms with Crippen LogP contribution in [0, 0.1) is 0 Å². The molecule has 0 aliphatic carbocycles. The maximum Gasteiger partial charge on any atom is 0.306 e. The lowest BCUT2D eigenvalue weighted by Crippen LogP contribution is -2.55. The molecule has 2 atom stereocenters. The summed E-state index contributed by atoms with van der Waals surface area (Å²) in [4.78, 5) is 36.9. The Labute approximate surface area is 367 Å². The number of hydrogen-bond donors (Lipinski definition) is 0. The Morgan fingerprint density at radius 2 is 0.967 bits per heavy atom. The van der Waals surface area contributed by atoms with Gasteiger partial charge >= 0.3 is 11.9 Å². The van der Waals surface area contributed by atoms with E-state index in [1.165, 1.54) is 77.0 Å². The summed E-state index contributed by atoms with van der Waals surface area (Å²) in [5.74, 6) is -1.86. The number of rotatable bonds is 41. The first kappa shape index (κ1) is 56.5. The Kier molecular flexibility index (Phi) is 39.8. The molecule has 0 aromatic heterocycles. The minimum atomic E-state index is -1.14. The molecule has 0 rings (SSSR count). The van der Waals surface area contributed by atoms with E-state index in [1.807, 2.05) is 12.2 Å². The average molecular weight is 838 g/mol. The molecule has 60 heavy (non-hydrogen) atoms. The first-order valence-corrected chi connectivity index (χ1v) is 23.6. The van der Waals surface area contributed by atoms with Crippen LogP contribution in [-0.4, -0.2) is 75.5 Å². The van der Waals surface area contributed by atoms with Gasteiger partial charge in [0.15, 0.2) is 6.10 Å². The number of carboxylic acids is 1. The molecule has 0 saturated heterocycles. The highest BCUT2D eigenvalue weighted by Gasteiger charge is 2.25. The summed E-state index contributed by atoms with van der Waals surface area (Å²) >= 11 is 0. The number of esters is 2. The molecule has 0 aliphatic rings. The third-order valence-electron chi connectivity index (χ3n) is 10.0. The number of ether oxygens (including phenoxy) is 3. The average Bonchev–Trinajstić information content (AvgIpc) is 3.21. The van der Waals surface area contributed by atoms with Gasteiger partial charge in [0.25, 0.3) is 0 Å². The van der Waals surface area contributed by atoms with E-state index in [9.17, 15) is 19.5 Å². The number of likely N-dealkylation sites (N-methyl/N-ethyl adjacent to an activating group) is 1. The predicted octanol–water partition coefficient (Wildman–Crippen LogP) is 12.0. The van der Waals surface area contributed by atoms with Gasteiger partial charge < -0.3 is 28.6 Å². The van der Waals surface area contributed by atoms with E-state index in [1.54, 1.807) is 21.1 Å². The van der Waals surface area contributed by atoms with Crippen LogP contribution >= 0.6 is 0 Å². The number of hydrogen-bond acceptors (Lipinski definition) is 7. The van der Waals surface area contributed by atoms with Crippen molar-refractivity contribution in [3.05, 3.63) is 85.1 Å². The minimum Gasteiger partial charge on any atom is -0.544 e. The summed E-state index contributed by atoms with van der Waals surface area (Å²) in [5.41, 5.74) is 0. The maximum absolute atomic E-state index is 12.7. The molecule has 2 unspecified atom stereocenters. The van der Waals surface area contributed by atoms with Crippen LogP contribution in [0.15, 0.2) is 85.1 Å². The Morgan fingerprint density at radius 1 is 0.517 bits per heavy atom. The standard InChI is InChI=1S/C52H87NO7/c1-6-8-10-12-14-16-18-20-22-24-25-27-29-31-33-35-37-39-41-43-51(55)60-48(46-58-45-44-49(52(56)57)53(3,4)5)47-59-50(54)42-40-38-36-34-32-30-28-26-23-21-19-17-15-13-11-9-7-2/h8,10,14,16,20-23,25,27,31,33,37,39,48-49H,6-7,9,11-13,15,17-19,24,26,28-30,32,34-36,38,40-47H2,1-5H3/b10-8+,16-14+,22-20+,23-21+,27-25+,33-31+,39-37+. The van der Waals surface area contributed by atoms with Crippen molar-refractivity contribution in [3.63, 3.8) is 0 Å². The first-order chi connectivity index (χ1) is 29.1. The molecular formula is C52H87NO7. The molecule has 0 saturated carbocycles. The Bertz CT molecular complexity index is 1250. The predicted molar refractivity (Wildman–Crippen MR) is 249 cm³/mol. The van der Waals surface area contributed by atoms with Crippen LogP contribution in [0.1, 0.15) is 174 Å².